The van der Waals surface area contributed by atoms with Gasteiger partial charge in [0, 0.05) is 17.6 Å². The molecule has 1 aliphatic rings. The predicted molar refractivity (Wildman–Crippen MR) is 88.6 cm³/mol. The Bertz CT molecular complexity index is 869. The number of imidazole rings is 1. The molecule has 4 rings (SSSR count). The Labute approximate surface area is 134 Å². The highest BCUT2D eigenvalue weighted by atomic mass is 35.5. The molecule has 0 radical (unpaired) electrons. The molecule has 3 nitrogen and oxygen atoms in total. The number of aromatic nitrogens is 2. The zero-order chi connectivity index (χ0) is 15.3. The molecule has 1 aliphatic heterocycles. The van der Waals surface area contributed by atoms with E-state index in [0.29, 0.717) is 0 Å². The van der Waals surface area contributed by atoms with Crippen molar-refractivity contribution in [2.24, 2.45) is 7.05 Å². The Morgan fingerprint density at radius 2 is 2.05 bits per heavy atom. The fraction of sp³-hybridized carbons (Fsp3) is 0.278. The van der Waals surface area contributed by atoms with Crippen LogP contribution in [0.15, 0.2) is 36.4 Å². The van der Waals surface area contributed by atoms with Gasteiger partial charge in [0.05, 0.1) is 5.52 Å². The average Bonchev–Trinajstić information content (AvgIpc) is 2.83. The standard InChI is InChI=1S/C18H17ClN2O/c1-11-20-17-15(21(11)2)9-7-12-8-10-16(22-18(12)17)13-5-3-4-6-14(13)19/h3-7,9,16H,8,10H2,1-2H3/t16-/m0/s1. The van der Waals surface area contributed by atoms with Gasteiger partial charge in [-0.3, -0.25) is 0 Å². The zero-order valence-electron chi connectivity index (χ0n) is 12.6. The molecular formula is C18H17ClN2O. The van der Waals surface area contributed by atoms with Crippen LogP contribution in [-0.4, -0.2) is 9.55 Å². The monoisotopic (exact) mass is 312 g/mol. The van der Waals surface area contributed by atoms with Crippen LogP contribution in [0.5, 0.6) is 5.75 Å². The van der Waals surface area contributed by atoms with Crippen LogP contribution in [0.2, 0.25) is 5.02 Å². The second-order valence-electron chi connectivity index (χ2n) is 5.81. The van der Waals surface area contributed by atoms with Gasteiger partial charge >= 0.3 is 0 Å². The summed E-state index contributed by atoms with van der Waals surface area (Å²) in [5, 5.41) is 0.764. The summed E-state index contributed by atoms with van der Waals surface area (Å²) in [4.78, 5) is 4.68. The highest BCUT2D eigenvalue weighted by Gasteiger charge is 2.26. The van der Waals surface area contributed by atoms with Gasteiger partial charge in [0.2, 0.25) is 0 Å². The second-order valence-corrected chi connectivity index (χ2v) is 6.21. The Hall–Kier alpha value is -2.00. The van der Waals surface area contributed by atoms with E-state index in [1.165, 1.54) is 5.56 Å². The quantitative estimate of drug-likeness (QED) is 0.656. The Kier molecular flexibility index (Phi) is 3.12. The third-order valence-corrected chi connectivity index (χ3v) is 4.84. The van der Waals surface area contributed by atoms with Gasteiger partial charge in [-0.05, 0) is 37.5 Å². The van der Waals surface area contributed by atoms with Crippen molar-refractivity contribution in [1.29, 1.82) is 0 Å². The van der Waals surface area contributed by atoms with Gasteiger partial charge in [-0.15, -0.1) is 0 Å². The summed E-state index contributed by atoms with van der Waals surface area (Å²) < 4.78 is 8.42. The molecule has 22 heavy (non-hydrogen) atoms. The molecule has 0 N–H and O–H groups in total. The molecule has 0 saturated heterocycles. The van der Waals surface area contributed by atoms with Crippen LogP contribution in [0.25, 0.3) is 11.0 Å². The zero-order valence-corrected chi connectivity index (χ0v) is 13.4. The summed E-state index contributed by atoms with van der Waals surface area (Å²) in [6, 6.07) is 12.2. The molecule has 1 atom stereocenters. The summed E-state index contributed by atoms with van der Waals surface area (Å²) in [6.07, 6.45) is 1.92. The van der Waals surface area contributed by atoms with Gasteiger partial charge in [-0.1, -0.05) is 35.9 Å². The predicted octanol–water partition coefficient (Wildman–Crippen LogP) is 4.60. The Morgan fingerprint density at radius 3 is 2.86 bits per heavy atom. The second kappa shape index (κ2) is 5.03. The smallest absolute Gasteiger partial charge is 0.151 e. The minimum Gasteiger partial charge on any atom is -0.483 e. The van der Waals surface area contributed by atoms with E-state index < -0.39 is 0 Å². The van der Waals surface area contributed by atoms with E-state index in [1.54, 1.807) is 0 Å². The number of hydrogen-bond acceptors (Lipinski definition) is 2. The van der Waals surface area contributed by atoms with E-state index >= 15 is 0 Å². The largest absolute Gasteiger partial charge is 0.483 e. The van der Waals surface area contributed by atoms with Gasteiger partial charge in [-0.25, -0.2) is 4.98 Å². The van der Waals surface area contributed by atoms with E-state index in [1.807, 2.05) is 38.2 Å². The lowest BCUT2D eigenvalue weighted by Gasteiger charge is -2.27. The third-order valence-electron chi connectivity index (χ3n) is 4.50. The summed E-state index contributed by atoms with van der Waals surface area (Å²) in [6.45, 7) is 2.01. The van der Waals surface area contributed by atoms with Gasteiger partial charge in [-0.2, -0.15) is 0 Å². The minimum absolute atomic E-state index is 0.00545. The minimum atomic E-state index is -0.00545. The number of hydrogen-bond donors (Lipinski definition) is 0. The highest BCUT2D eigenvalue weighted by molar-refractivity contribution is 6.31. The third kappa shape index (κ3) is 2.00. The SMILES string of the molecule is Cc1nc2c3c(ccc2n1C)CC[C@@H](c1ccccc1Cl)O3. The number of fused-ring (bicyclic) bond motifs is 3. The van der Waals surface area contributed by atoms with Gasteiger partial charge < -0.3 is 9.30 Å². The molecule has 2 aromatic carbocycles. The molecule has 0 aliphatic carbocycles. The fourth-order valence-electron chi connectivity index (χ4n) is 3.16. The van der Waals surface area contributed by atoms with Crippen molar-refractivity contribution >= 4 is 22.6 Å². The van der Waals surface area contributed by atoms with Crippen LogP contribution >= 0.6 is 11.6 Å². The maximum Gasteiger partial charge on any atom is 0.151 e. The van der Waals surface area contributed by atoms with Crippen molar-refractivity contribution in [3.63, 3.8) is 0 Å². The molecule has 1 aromatic heterocycles. The molecular weight excluding hydrogens is 296 g/mol. The average molecular weight is 313 g/mol. The summed E-state index contributed by atoms with van der Waals surface area (Å²) in [5.74, 6) is 1.91. The first-order valence-corrected chi connectivity index (χ1v) is 7.89. The molecule has 0 fully saturated rings. The highest BCUT2D eigenvalue weighted by Crippen LogP contribution is 2.40. The van der Waals surface area contributed by atoms with Gasteiger partial charge in [0.25, 0.3) is 0 Å². The van der Waals surface area contributed by atoms with Crippen LogP contribution in [0.1, 0.15) is 29.5 Å². The fourth-order valence-corrected chi connectivity index (χ4v) is 3.42. The van der Waals surface area contributed by atoms with Crippen LogP contribution < -0.4 is 4.74 Å². The summed E-state index contributed by atoms with van der Waals surface area (Å²) in [7, 11) is 2.03. The first kappa shape index (κ1) is 13.6. The lowest BCUT2D eigenvalue weighted by Crippen LogP contribution is -2.15. The molecule has 0 amide bonds. The van der Waals surface area contributed by atoms with Crippen molar-refractivity contribution in [1.82, 2.24) is 9.55 Å². The molecule has 3 aromatic rings. The Morgan fingerprint density at radius 1 is 1.23 bits per heavy atom. The molecule has 0 spiro atoms. The normalized spacial score (nSPS) is 17.3. The maximum atomic E-state index is 6.33. The first-order chi connectivity index (χ1) is 10.6. The van der Waals surface area contributed by atoms with Crippen molar-refractivity contribution in [2.75, 3.05) is 0 Å². The van der Waals surface area contributed by atoms with Gasteiger partial charge in [0.15, 0.2) is 5.75 Å². The van der Waals surface area contributed by atoms with E-state index in [-0.39, 0.29) is 6.10 Å². The van der Waals surface area contributed by atoms with Crippen LogP contribution in [-0.2, 0) is 13.5 Å². The van der Waals surface area contributed by atoms with Crippen molar-refractivity contribution < 1.29 is 4.74 Å². The van der Waals surface area contributed by atoms with Crippen LogP contribution in [0.3, 0.4) is 0 Å². The lowest BCUT2D eigenvalue weighted by atomic mass is 9.97. The number of aryl methyl sites for hydroxylation is 3. The summed E-state index contributed by atoms with van der Waals surface area (Å²) >= 11 is 6.33. The lowest BCUT2D eigenvalue weighted by molar-refractivity contribution is 0.179. The van der Waals surface area contributed by atoms with E-state index in [4.69, 9.17) is 16.3 Å². The molecule has 0 unspecified atom stereocenters. The molecule has 0 bridgehead atoms. The van der Waals surface area contributed by atoms with E-state index in [0.717, 1.165) is 46.0 Å². The number of benzene rings is 2. The first-order valence-electron chi connectivity index (χ1n) is 7.51. The number of rotatable bonds is 1. The number of halogens is 1. The summed E-state index contributed by atoms with van der Waals surface area (Å²) in [5.41, 5.74) is 4.35. The van der Waals surface area contributed by atoms with Crippen molar-refractivity contribution in [2.45, 2.75) is 25.9 Å². The Balaban J connectivity index is 1.82. The van der Waals surface area contributed by atoms with Crippen molar-refractivity contribution in [3.8, 4) is 5.75 Å². The van der Waals surface area contributed by atoms with Gasteiger partial charge in [0.1, 0.15) is 17.4 Å². The molecule has 0 saturated carbocycles. The molecule has 112 valence electrons. The van der Waals surface area contributed by atoms with E-state index in [2.05, 4.69) is 21.7 Å². The van der Waals surface area contributed by atoms with Crippen LogP contribution in [0, 0.1) is 6.92 Å². The molecule has 4 heteroatoms. The number of nitrogens with zero attached hydrogens (tertiary/aromatic N) is 2. The molecule has 2 heterocycles. The topological polar surface area (TPSA) is 27.1 Å². The number of ether oxygens (including phenoxy) is 1. The van der Waals surface area contributed by atoms with Crippen LogP contribution in [0.4, 0.5) is 0 Å². The van der Waals surface area contributed by atoms with Crippen molar-refractivity contribution in [3.05, 3.63) is 58.4 Å². The maximum absolute atomic E-state index is 6.33. The van der Waals surface area contributed by atoms with E-state index in [9.17, 15) is 0 Å².